The Bertz CT molecular complexity index is 323. The van der Waals surface area contributed by atoms with Gasteiger partial charge in [0.15, 0.2) is 23.2 Å². The van der Waals surface area contributed by atoms with Gasteiger partial charge in [-0.25, -0.2) is 13.2 Å². The molecule has 0 aliphatic carbocycles. The third-order valence-corrected chi connectivity index (χ3v) is 1.46. The predicted molar refractivity (Wildman–Crippen MR) is 45.5 cm³/mol. The molecule has 0 fully saturated rings. The van der Waals surface area contributed by atoms with E-state index in [0.29, 0.717) is 6.07 Å². The Morgan fingerprint density at radius 1 is 1.29 bits per heavy atom. The van der Waals surface area contributed by atoms with Gasteiger partial charge < -0.3 is 4.74 Å². The topological polar surface area (TPSA) is 9.23 Å². The third kappa shape index (κ3) is 2.65. The molecule has 4 heteroatoms. The molecular weight excluding hydrogens is 193 g/mol. The van der Waals surface area contributed by atoms with Crippen molar-refractivity contribution in [1.82, 2.24) is 0 Å². The van der Waals surface area contributed by atoms with Crippen LogP contribution < -0.4 is 4.74 Å². The molecule has 0 spiro atoms. The Balaban J connectivity index is 2.82. The van der Waals surface area contributed by atoms with Crippen molar-refractivity contribution in [2.75, 3.05) is 6.61 Å². The summed E-state index contributed by atoms with van der Waals surface area (Å²) in [6, 6.07) is 2.31. The molecule has 0 aliphatic rings. The largest absolute Gasteiger partial charge is 0.489 e. The smallest absolute Gasteiger partial charge is 0.170 e. The Hall–Kier alpha value is -1.19. The molecule has 0 saturated carbocycles. The van der Waals surface area contributed by atoms with Crippen molar-refractivity contribution >= 4 is 0 Å². The molecule has 14 heavy (non-hydrogen) atoms. The first-order valence-corrected chi connectivity index (χ1v) is 4.20. The first-order chi connectivity index (χ1) is 6.50. The van der Waals surface area contributed by atoms with Gasteiger partial charge in [0.05, 0.1) is 12.7 Å². The van der Waals surface area contributed by atoms with E-state index < -0.39 is 17.5 Å². The molecule has 0 aliphatic heterocycles. The second kappa shape index (κ2) is 4.35. The Morgan fingerprint density at radius 3 is 2.50 bits per heavy atom. The Morgan fingerprint density at radius 2 is 1.93 bits per heavy atom. The second-order valence-corrected chi connectivity index (χ2v) is 3.31. The van der Waals surface area contributed by atoms with Crippen LogP contribution in [0.3, 0.4) is 0 Å². The highest BCUT2D eigenvalue weighted by Gasteiger charge is 2.11. The zero-order chi connectivity index (χ0) is 10.7. The maximum atomic E-state index is 12.9. The van der Waals surface area contributed by atoms with Gasteiger partial charge in [-0.05, 0) is 5.92 Å². The average molecular weight is 203 g/mol. The van der Waals surface area contributed by atoms with E-state index in [9.17, 15) is 13.2 Å². The molecule has 0 bridgehead atoms. The quantitative estimate of drug-likeness (QED) is 0.686. The number of rotatable bonds is 3. The van der Waals surface area contributed by atoms with E-state index in [4.69, 9.17) is 4.74 Å². The van der Waals surface area contributed by atoms with Gasteiger partial charge in [-0.3, -0.25) is 0 Å². The summed E-state index contributed by atoms with van der Waals surface area (Å²) in [7, 11) is 0. The highest BCUT2D eigenvalue weighted by molar-refractivity contribution is 5.24. The van der Waals surface area contributed by atoms with Crippen molar-refractivity contribution in [3.8, 4) is 5.75 Å². The number of halogens is 3. The molecule has 0 atom stereocenters. The minimum atomic E-state index is -1.26. The van der Waals surface area contributed by atoms with E-state index in [1.165, 1.54) is 0 Å². The molecule has 0 unspecified atom stereocenters. The van der Waals surface area contributed by atoms with Crippen LogP contribution in [0, 0.1) is 29.4 Å². The van der Waals surface area contributed by atoms with Crippen molar-refractivity contribution < 1.29 is 17.9 Å². The molecule has 1 aromatic carbocycles. The van der Waals surface area contributed by atoms with Crippen LogP contribution in [0.4, 0.5) is 13.2 Å². The Labute approximate surface area is 80.5 Å². The summed E-state index contributed by atoms with van der Waals surface area (Å²) < 4.78 is 42.9. The summed E-state index contributed by atoms with van der Waals surface area (Å²) >= 11 is 0. The summed E-state index contributed by atoms with van der Waals surface area (Å²) in [5.41, 5.74) is 0. The van der Waals surface area contributed by atoms with Crippen LogP contribution in [-0.2, 0) is 0 Å². The lowest BCUT2D eigenvalue weighted by molar-refractivity contribution is 0.256. The highest BCUT2D eigenvalue weighted by Crippen LogP contribution is 2.20. The monoisotopic (exact) mass is 203 g/mol. The summed E-state index contributed by atoms with van der Waals surface area (Å²) in [5.74, 6) is -3.64. The first-order valence-electron chi connectivity index (χ1n) is 4.20. The fourth-order valence-corrected chi connectivity index (χ4v) is 0.814. The minimum Gasteiger partial charge on any atom is -0.489 e. The number of ether oxygens (including phenoxy) is 1. The standard InChI is InChI=1S/C10H10F3O/c1-6(2)5-14-10-4-8(12)7(11)3-9(10)13/h3,6H,5H2,1-2H3. The summed E-state index contributed by atoms with van der Waals surface area (Å²) in [4.78, 5) is 0. The van der Waals surface area contributed by atoms with E-state index in [-0.39, 0.29) is 18.3 Å². The van der Waals surface area contributed by atoms with Gasteiger partial charge in [-0.1, -0.05) is 13.8 Å². The molecule has 0 amide bonds. The maximum absolute atomic E-state index is 12.9. The van der Waals surface area contributed by atoms with E-state index in [1.807, 2.05) is 19.9 Å². The average Bonchev–Trinajstić information content (AvgIpc) is 2.09. The molecule has 1 rings (SSSR count). The lowest BCUT2D eigenvalue weighted by Crippen LogP contribution is -2.06. The van der Waals surface area contributed by atoms with Crippen molar-refractivity contribution in [3.63, 3.8) is 0 Å². The first kappa shape index (κ1) is 10.9. The lowest BCUT2D eigenvalue weighted by atomic mass is 10.2. The van der Waals surface area contributed by atoms with E-state index in [1.54, 1.807) is 0 Å². The van der Waals surface area contributed by atoms with Gasteiger partial charge in [0, 0.05) is 6.07 Å². The van der Waals surface area contributed by atoms with Crippen molar-refractivity contribution in [1.29, 1.82) is 0 Å². The van der Waals surface area contributed by atoms with E-state index in [2.05, 4.69) is 0 Å². The second-order valence-electron chi connectivity index (χ2n) is 3.31. The van der Waals surface area contributed by atoms with Crippen LogP contribution in [0.1, 0.15) is 13.8 Å². The van der Waals surface area contributed by atoms with Gasteiger partial charge in [0.2, 0.25) is 0 Å². The van der Waals surface area contributed by atoms with E-state index >= 15 is 0 Å². The zero-order valence-electron chi connectivity index (χ0n) is 7.90. The van der Waals surface area contributed by atoms with Gasteiger partial charge >= 0.3 is 0 Å². The van der Waals surface area contributed by atoms with Crippen LogP contribution >= 0.6 is 0 Å². The zero-order valence-corrected chi connectivity index (χ0v) is 7.90. The third-order valence-electron chi connectivity index (χ3n) is 1.46. The van der Waals surface area contributed by atoms with Crippen LogP contribution in [-0.4, -0.2) is 6.61 Å². The van der Waals surface area contributed by atoms with Crippen molar-refractivity contribution in [2.24, 2.45) is 5.92 Å². The number of hydrogen-bond acceptors (Lipinski definition) is 1. The molecule has 1 nitrogen and oxygen atoms in total. The molecule has 1 aromatic rings. The SMILES string of the molecule is CC(C)COc1[c]c(F)c(F)cc1F. The lowest BCUT2D eigenvalue weighted by Gasteiger charge is -2.08. The van der Waals surface area contributed by atoms with Crippen LogP contribution in [0.2, 0.25) is 0 Å². The van der Waals surface area contributed by atoms with E-state index in [0.717, 1.165) is 0 Å². The van der Waals surface area contributed by atoms with Crippen LogP contribution in [0.5, 0.6) is 5.75 Å². The number of hydrogen-bond donors (Lipinski definition) is 0. The van der Waals surface area contributed by atoms with Gasteiger partial charge in [0.25, 0.3) is 0 Å². The molecule has 1 radical (unpaired) electrons. The molecule has 77 valence electrons. The van der Waals surface area contributed by atoms with Crippen molar-refractivity contribution in [2.45, 2.75) is 13.8 Å². The van der Waals surface area contributed by atoms with Gasteiger partial charge in [-0.15, -0.1) is 0 Å². The number of benzene rings is 1. The Kier molecular flexibility index (Phi) is 3.38. The molecule has 0 saturated heterocycles. The fourth-order valence-electron chi connectivity index (χ4n) is 0.814. The maximum Gasteiger partial charge on any atom is 0.170 e. The van der Waals surface area contributed by atoms with Crippen LogP contribution in [0.25, 0.3) is 0 Å². The molecule has 0 heterocycles. The molecule has 0 aromatic heterocycles. The summed E-state index contributed by atoms with van der Waals surface area (Å²) in [6.07, 6.45) is 0. The van der Waals surface area contributed by atoms with Crippen molar-refractivity contribution in [3.05, 3.63) is 29.6 Å². The summed E-state index contributed by atoms with van der Waals surface area (Å²) in [5, 5.41) is 0. The normalized spacial score (nSPS) is 10.7. The summed E-state index contributed by atoms with van der Waals surface area (Å²) in [6.45, 7) is 3.95. The fraction of sp³-hybridized carbons (Fsp3) is 0.400. The van der Waals surface area contributed by atoms with Gasteiger partial charge in [-0.2, -0.15) is 0 Å². The molecule has 0 N–H and O–H groups in total. The minimum absolute atomic E-state index is 0.177. The van der Waals surface area contributed by atoms with Crippen LogP contribution in [0.15, 0.2) is 6.07 Å². The van der Waals surface area contributed by atoms with Gasteiger partial charge in [0.1, 0.15) is 0 Å². The predicted octanol–water partition coefficient (Wildman–Crippen LogP) is 2.94. The highest BCUT2D eigenvalue weighted by atomic mass is 19.2. The molecular formula is C10H10F3O.